The second-order valence-electron chi connectivity index (χ2n) is 34.7. The van der Waals surface area contributed by atoms with E-state index in [1.807, 2.05) is 0 Å². The fourth-order valence-corrected chi connectivity index (χ4v) is 19.6. The van der Waals surface area contributed by atoms with Gasteiger partial charge in [-0.05, 0) is 178 Å². The minimum Gasteiger partial charge on any atom is -0.310 e. The Labute approximate surface area is 669 Å². The molecule has 0 N–H and O–H groups in total. The summed E-state index contributed by atoms with van der Waals surface area (Å²) in [5, 5.41) is 4.98. The van der Waals surface area contributed by atoms with Crippen LogP contribution in [-0.4, -0.2) is 15.8 Å². The van der Waals surface area contributed by atoms with Gasteiger partial charge in [-0.25, -0.2) is 0 Å². The molecule has 0 spiro atoms. The van der Waals surface area contributed by atoms with E-state index in [4.69, 9.17) is 0 Å². The monoisotopic (exact) mass is 1460 g/mol. The number of fused-ring (bicyclic) bond motifs is 14. The van der Waals surface area contributed by atoms with Crippen molar-refractivity contribution in [2.45, 2.75) is 84.0 Å². The highest BCUT2D eigenvalue weighted by atomic mass is 15.2. The zero-order valence-corrected chi connectivity index (χ0v) is 66.0. The maximum atomic E-state index is 2.72. The first-order valence-electron chi connectivity index (χ1n) is 40.4. The smallest absolute Gasteiger partial charge is 0.252 e. The van der Waals surface area contributed by atoms with E-state index in [1.54, 1.807) is 0 Å². The molecule has 5 heteroatoms. The van der Waals surface area contributed by atoms with Crippen LogP contribution in [0.1, 0.15) is 101 Å². The van der Waals surface area contributed by atoms with E-state index in [0.717, 1.165) is 101 Å². The quantitative estimate of drug-likeness (QED) is 0.127. The molecule has 0 unspecified atom stereocenters. The number of rotatable bonds is 10. The summed E-state index contributed by atoms with van der Waals surface area (Å²) in [4.78, 5) is 5.44. The van der Waals surface area contributed by atoms with Gasteiger partial charge in [0.05, 0.1) is 38.9 Å². The predicted octanol–water partition coefficient (Wildman–Crippen LogP) is 26.9. The van der Waals surface area contributed by atoms with Crippen molar-refractivity contribution in [3.05, 3.63) is 403 Å². The van der Waals surface area contributed by atoms with E-state index in [0.29, 0.717) is 0 Å². The van der Waals surface area contributed by atoms with Gasteiger partial charge in [0.15, 0.2) is 0 Å². The summed E-state index contributed by atoms with van der Waals surface area (Å²) >= 11 is 0. The van der Waals surface area contributed by atoms with Crippen molar-refractivity contribution in [1.29, 1.82) is 0 Å². The van der Waals surface area contributed by atoms with Gasteiger partial charge in [-0.1, -0.05) is 353 Å². The fraction of sp³-hybridized carbons (Fsp3) is 0.119. The van der Waals surface area contributed by atoms with Gasteiger partial charge in [0.2, 0.25) is 0 Å². The largest absolute Gasteiger partial charge is 0.310 e. The van der Waals surface area contributed by atoms with Crippen LogP contribution in [0.3, 0.4) is 0 Å². The van der Waals surface area contributed by atoms with Gasteiger partial charge in [0.1, 0.15) is 0 Å². The molecule has 0 fully saturated rings. The fourth-order valence-electron chi connectivity index (χ4n) is 19.6. The Morgan fingerprint density at radius 3 is 1.07 bits per heavy atom. The zero-order chi connectivity index (χ0) is 77.1. The summed E-state index contributed by atoms with van der Waals surface area (Å²) in [5.74, 6) is 0. The highest BCUT2D eigenvalue weighted by Gasteiger charge is 2.50. The number of aromatic nitrogens is 2. The number of hydrogen-bond donors (Lipinski definition) is 0. The lowest BCUT2D eigenvalue weighted by Crippen LogP contribution is -2.61. The van der Waals surface area contributed by atoms with Crippen LogP contribution in [0.15, 0.2) is 364 Å². The van der Waals surface area contributed by atoms with Crippen LogP contribution in [0.2, 0.25) is 0 Å². The molecule has 0 saturated carbocycles. The molecule has 2 aliphatic heterocycles. The van der Waals surface area contributed by atoms with E-state index < -0.39 is 5.41 Å². The van der Waals surface area contributed by atoms with Crippen LogP contribution in [0, 0.1) is 0 Å². The lowest BCUT2D eigenvalue weighted by molar-refractivity contribution is 0.590. The Hall–Kier alpha value is -13.2. The molecule has 0 amide bonds. The molecule has 0 saturated heterocycles. The van der Waals surface area contributed by atoms with Crippen molar-refractivity contribution >= 4 is 101 Å². The lowest BCUT2D eigenvalue weighted by atomic mass is 9.33. The first kappa shape index (κ1) is 68.8. The highest BCUT2D eigenvalue weighted by Crippen LogP contribution is 2.61. The number of hydrogen-bond acceptors (Lipinski definition) is 2. The maximum Gasteiger partial charge on any atom is 0.252 e. The molecule has 1 aliphatic carbocycles. The van der Waals surface area contributed by atoms with Crippen molar-refractivity contribution < 1.29 is 0 Å². The van der Waals surface area contributed by atoms with E-state index in [9.17, 15) is 0 Å². The molecule has 16 aromatic carbocycles. The first-order valence-corrected chi connectivity index (χ1v) is 40.4. The van der Waals surface area contributed by atoms with Gasteiger partial charge in [0.25, 0.3) is 6.71 Å². The van der Waals surface area contributed by atoms with Crippen LogP contribution < -0.4 is 26.2 Å². The summed E-state index contributed by atoms with van der Waals surface area (Å²) in [6.45, 7) is 20.9. The van der Waals surface area contributed by atoms with Gasteiger partial charge in [0, 0.05) is 77.9 Å². The predicted molar refractivity (Wildman–Crippen MR) is 484 cm³/mol. The van der Waals surface area contributed by atoms with E-state index in [1.165, 1.54) is 99.0 Å². The third kappa shape index (κ3) is 10.5. The van der Waals surface area contributed by atoms with Gasteiger partial charge in [-0.2, -0.15) is 0 Å². The second kappa shape index (κ2) is 25.9. The van der Waals surface area contributed by atoms with Crippen LogP contribution >= 0.6 is 0 Å². The molecule has 4 heterocycles. The molecule has 21 rings (SSSR count). The topological polar surface area (TPSA) is 16.3 Å². The molecule has 2 aromatic heterocycles. The number of benzene rings is 16. The van der Waals surface area contributed by atoms with E-state index >= 15 is 0 Å². The number of para-hydroxylation sites is 3. The van der Waals surface area contributed by atoms with E-state index in [-0.39, 0.29) is 23.0 Å². The van der Waals surface area contributed by atoms with Crippen LogP contribution in [0.25, 0.3) is 111 Å². The average molecular weight is 1460 g/mol. The Balaban J connectivity index is 0.908. The van der Waals surface area contributed by atoms with Crippen molar-refractivity contribution in [3.63, 3.8) is 0 Å². The maximum absolute atomic E-state index is 2.72. The van der Waals surface area contributed by atoms with Crippen molar-refractivity contribution in [1.82, 2.24) is 9.13 Å². The number of anilines is 6. The summed E-state index contributed by atoms with van der Waals surface area (Å²) in [6.07, 6.45) is 0. The van der Waals surface area contributed by atoms with Gasteiger partial charge < -0.3 is 18.9 Å². The second-order valence-corrected chi connectivity index (χ2v) is 34.7. The van der Waals surface area contributed by atoms with Gasteiger partial charge in [-0.15, -0.1) is 0 Å². The summed E-state index contributed by atoms with van der Waals surface area (Å²) in [7, 11) is 0. The number of nitrogens with zero attached hydrogens (tertiary/aromatic N) is 4. The molecule has 4 nitrogen and oxygen atoms in total. The van der Waals surface area contributed by atoms with Crippen LogP contribution in [0.4, 0.5) is 34.1 Å². The molecule has 0 atom stereocenters. The van der Waals surface area contributed by atoms with Gasteiger partial charge >= 0.3 is 0 Å². The van der Waals surface area contributed by atoms with Crippen molar-refractivity contribution in [3.8, 4) is 67.0 Å². The zero-order valence-electron chi connectivity index (χ0n) is 66.0. The summed E-state index contributed by atoms with van der Waals surface area (Å²) in [6, 6.07) is 139. The normalized spacial score (nSPS) is 13.5. The molecule has 546 valence electrons. The Morgan fingerprint density at radius 2 is 0.632 bits per heavy atom. The molecule has 114 heavy (non-hydrogen) atoms. The molecule has 3 aliphatic rings. The Morgan fingerprint density at radius 1 is 0.263 bits per heavy atom. The van der Waals surface area contributed by atoms with Crippen molar-refractivity contribution in [2.75, 3.05) is 9.80 Å². The molecular formula is C109H87BN4. The third-order valence-electron chi connectivity index (χ3n) is 25.0. The third-order valence-corrected chi connectivity index (χ3v) is 25.0. The van der Waals surface area contributed by atoms with Crippen LogP contribution in [-0.2, 0) is 21.7 Å². The van der Waals surface area contributed by atoms with Gasteiger partial charge in [-0.3, -0.25) is 0 Å². The molecule has 0 bridgehead atoms. The summed E-state index contributed by atoms with van der Waals surface area (Å²) in [5.41, 5.74) is 36.8. The van der Waals surface area contributed by atoms with E-state index in [2.05, 4.69) is 445 Å². The Bertz CT molecular complexity index is 6670. The average Bonchev–Trinajstić information content (AvgIpc) is 1.48. The summed E-state index contributed by atoms with van der Waals surface area (Å²) < 4.78 is 5.16. The lowest BCUT2D eigenvalue weighted by Gasteiger charge is -2.46. The minimum atomic E-state index is -0.643. The standard InChI is InChI=1S/C109H87BN4/c1-106(2,3)76-54-61-94-88(64-76)89-65-77(107(4,5)6)55-62-95(89)111(94)79-56-59-91-97(68-79)113(104-81(70-34-16-10-17-35-70)48-32-49-82(104)71-36-18-11-19-37-71)99-66-78(108(7,8)9)67-100-103(99)110(91)92-60-57-80(69-98(92)114(100)105-83(72-38-20-12-21-39-72)50-33-51-84(105)73-40-22-13-23-41-73)112-93-53-31-29-47-87(93)101-96(112)63-58-86-85-46-28-30-52-90(85)109(102(86)101,74-42-24-14-25-43-74)75-44-26-15-27-45-75/h10-69H,1-9H3. The van der Waals surface area contributed by atoms with Crippen LogP contribution in [0.5, 0.6) is 0 Å². The van der Waals surface area contributed by atoms with Crippen molar-refractivity contribution in [2.24, 2.45) is 0 Å². The molecule has 18 aromatic rings. The Kier molecular flexibility index (Phi) is 15.6. The highest BCUT2D eigenvalue weighted by molar-refractivity contribution is 7.00. The first-order chi connectivity index (χ1) is 55.5. The molecule has 0 radical (unpaired) electrons. The SMILES string of the molecule is CC(C)(C)c1cc2c3c(c1)N(c1c(-c4ccccc4)cccc1-c1ccccc1)c1cc(-n4c5ccccc5c5c6c(ccc54)-c4ccccc4C6(c4ccccc4)c4ccccc4)ccc1B3c1ccc(-n3c4ccc(C(C)(C)C)cc4c4cc(C(C)(C)C)ccc43)cc1N2c1c(-c2ccccc2)cccc1-c1ccccc1. The minimum absolute atomic E-state index is 0.0639. The molecular weight excluding hydrogens is 1380 g/mol.